The van der Waals surface area contributed by atoms with Crippen LogP contribution in [0.5, 0.6) is 5.75 Å². The van der Waals surface area contributed by atoms with Gasteiger partial charge in [-0.2, -0.15) is 0 Å². The van der Waals surface area contributed by atoms with Crippen LogP contribution in [0.2, 0.25) is 5.02 Å². The van der Waals surface area contributed by atoms with Gasteiger partial charge in [0.05, 0.1) is 10.4 Å². The third kappa shape index (κ3) is 2.28. The Hall–Kier alpha value is -2.26. The van der Waals surface area contributed by atoms with Crippen LogP contribution in [0.1, 0.15) is 24.3 Å². The van der Waals surface area contributed by atoms with Crippen molar-refractivity contribution in [3.05, 3.63) is 63.3 Å². The average Bonchev–Trinajstić information content (AvgIpc) is 3.33. The zero-order chi connectivity index (χ0) is 15.3. The lowest BCUT2D eigenvalue weighted by molar-refractivity contribution is 0.475. The van der Waals surface area contributed by atoms with Crippen molar-refractivity contribution in [3.63, 3.8) is 0 Å². The lowest BCUT2D eigenvalue weighted by Crippen LogP contribution is -2.01. The van der Waals surface area contributed by atoms with Gasteiger partial charge in [0.1, 0.15) is 11.5 Å². The van der Waals surface area contributed by atoms with Gasteiger partial charge in [-0.05, 0) is 60.7 Å². The van der Waals surface area contributed by atoms with E-state index in [0.29, 0.717) is 27.7 Å². The van der Waals surface area contributed by atoms with Crippen LogP contribution in [0.15, 0.2) is 51.7 Å². The number of benzene rings is 2. The monoisotopic (exact) mass is 312 g/mol. The van der Waals surface area contributed by atoms with Crippen molar-refractivity contribution in [2.45, 2.75) is 18.8 Å². The summed E-state index contributed by atoms with van der Waals surface area (Å²) in [7, 11) is 0. The summed E-state index contributed by atoms with van der Waals surface area (Å²) in [4.78, 5) is 12.4. The number of rotatable bonds is 2. The first-order valence-electron chi connectivity index (χ1n) is 7.18. The maximum Gasteiger partial charge on any atom is 0.193 e. The fourth-order valence-corrected chi connectivity index (χ4v) is 2.92. The summed E-state index contributed by atoms with van der Waals surface area (Å²) in [6, 6.07) is 11.8. The van der Waals surface area contributed by atoms with Crippen molar-refractivity contribution < 1.29 is 9.52 Å². The Morgan fingerprint density at radius 1 is 1.09 bits per heavy atom. The van der Waals surface area contributed by atoms with Crippen LogP contribution in [-0.2, 0) is 0 Å². The smallest absolute Gasteiger partial charge is 0.193 e. The Bertz CT molecular complexity index is 921. The van der Waals surface area contributed by atoms with Crippen molar-refractivity contribution >= 4 is 22.6 Å². The molecule has 1 fully saturated rings. The minimum absolute atomic E-state index is 0.103. The quantitative estimate of drug-likeness (QED) is 0.746. The zero-order valence-electron chi connectivity index (χ0n) is 11.7. The maximum absolute atomic E-state index is 12.4. The number of hydrogen-bond acceptors (Lipinski definition) is 3. The normalized spacial score (nSPS) is 14.4. The van der Waals surface area contributed by atoms with E-state index in [1.807, 2.05) is 12.1 Å². The van der Waals surface area contributed by atoms with Crippen LogP contribution in [-0.4, -0.2) is 5.11 Å². The number of halogens is 1. The molecule has 4 heteroatoms. The summed E-state index contributed by atoms with van der Waals surface area (Å²) in [5, 5.41) is 10.3. The molecule has 0 unspecified atom stereocenters. The highest BCUT2D eigenvalue weighted by Gasteiger charge is 2.25. The molecule has 1 N–H and O–H groups in total. The predicted molar refractivity (Wildman–Crippen MR) is 86.6 cm³/mol. The number of fused-ring (bicyclic) bond motifs is 1. The van der Waals surface area contributed by atoms with E-state index < -0.39 is 0 Å². The summed E-state index contributed by atoms with van der Waals surface area (Å²) in [6.07, 6.45) is 2.30. The van der Waals surface area contributed by atoms with Gasteiger partial charge in [0, 0.05) is 11.6 Å². The minimum Gasteiger partial charge on any atom is -0.508 e. The molecule has 110 valence electrons. The van der Waals surface area contributed by atoms with Gasteiger partial charge < -0.3 is 9.52 Å². The molecule has 0 bridgehead atoms. The number of hydrogen-bond donors (Lipinski definition) is 1. The van der Waals surface area contributed by atoms with Crippen molar-refractivity contribution in [1.29, 1.82) is 0 Å². The van der Waals surface area contributed by atoms with E-state index in [4.69, 9.17) is 16.0 Å². The molecule has 0 saturated heterocycles. The Labute approximate surface area is 131 Å². The molecular formula is C18H13ClO3. The lowest BCUT2D eigenvalue weighted by atomic mass is 10.1. The summed E-state index contributed by atoms with van der Waals surface area (Å²) in [5.41, 5.74) is 2.15. The van der Waals surface area contributed by atoms with E-state index in [-0.39, 0.29) is 11.2 Å². The van der Waals surface area contributed by atoms with Gasteiger partial charge in [0.2, 0.25) is 0 Å². The van der Waals surface area contributed by atoms with Gasteiger partial charge in [0.15, 0.2) is 11.0 Å². The molecule has 0 radical (unpaired) electrons. The molecule has 1 aromatic heterocycles. The molecule has 22 heavy (non-hydrogen) atoms. The third-order valence-corrected chi connectivity index (χ3v) is 4.29. The first-order chi connectivity index (χ1) is 10.6. The molecule has 1 saturated carbocycles. The fraction of sp³-hybridized carbons (Fsp3) is 0.167. The molecule has 0 amide bonds. The van der Waals surface area contributed by atoms with Crippen molar-refractivity contribution in [3.8, 4) is 17.1 Å². The number of phenolic OH excluding ortho intramolecular Hbond substituents is 1. The molecule has 2 aromatic carbocycles. The predicted octanol–water partition coefficient (Wildman–Crippen LogP) is 4.70. The first kappa shape index (κ1) is 13.4. The van der Waals surface area contributed by atoms with E-state index in [1.165, 1.54) is 6.07 Å². The SMILES string of the molecule is O=c1cc(-c2ccc(O)cc2)oc2c(Cl)cc(C3CC3)cc12. The summed E-state index contributed by atoms with van der Waals surface area (Å²) in [6.45, 7) is 0. The highest BCUT2D eigenvalue weighted by atomic mass is 35.5. The molecule has 1 heterocycles. The van der Waals surface area contributed by atoms with E-state index >= 15 is 0 Å². The largest absolute Gasteiger partial charge is 0.508 e. The van der Waals surface area contributed by atoms with Gasteiger partial charge in [-0.3, -0.25) is 4.79 Å². The second-order valence-corrected chi connectivity index (χ2v) is 6.08. The van der Waals surface area contributed by atoms with Gasteiger partial charge in [0.25, 0.3) is 0 Å². The van der Waals surface area contributed by atoms with E-state index in [1.54, 1.807) is 24.3 Å². The minimum atomic E-state index is -0.103. The number of aromatic hydroxyl groups is 1. The summed E-state index contributed by atoms with van der Waals surface area (Å²) < 4.78 is 5.84. The molecule has 1 aliphatic rings. The van der Waals surface area contributed by atoms with Crippen LogP contribution in [0.4, 0.5) is 0 Å². The highest BCUT2D eigenvalue weighted by Crippen LogP contribution is 2.42. The molecule has 0 spiro atoms. The molecule has 0 atom stereocenters. The first-order valence-corrected chi connectivity index (χ1v) is 7.56. The lowest BCUT2D eigenvalue weighted by Gasteiger charge is -2.07. The highest BCUT2D eigenvalue weighted by molar-refractivity contribution is 6.34. The van der Waals surface area contributed by atoms with Crippen LogP contribution in [0.3, 0.4) is 0 Å². The second-order valence-electron chi connectivity index (χ2n) is 5.68. The molecule has 3 aromatic rings. The molecular weight excluding hydrogens is 300 g/mol. The maximum atomic E-state index is 12.4. The molecule has 4 rings (SSSR count). The van der Waals surface area contributed by atoms with Crippen LogP contribution >= 0.6 is 11.6 Å². The van der Waals surface area contributed by atoms with E-state index in [0.717, 1.165) is 24.0 Å². The van der Waals surface area contributed by atoms with Crippen molar-refractivity contribution in [1.82, 2.24) is 0 Å². The Morgan fingerprint density at radius 3 is 2.50 bits per heavy atom. The van der Waals surface area contributed by atoms with Gasteiger partial charge in [-0.1, -0.05) is 11.6 Å². The Morgan fingerprint density at radius 2 is 1.82 bits per heavy atom. The molecule has 0 aliphatic heterocycles. The second kappa shape index (κ2) is 4.89. The summed E-state index contributed by atoms with van der Waals surface area (Å²) in [5.74, 6) is 1.13. The van der Waals surface area contributed by atoms with Gasteiger partial charge >= 0.3 is 0 Å². The van der Waals surface area contributed by atoms with Gasteiger partial charge in [-0.25, -0.2) is 0 Å². The zero-order valence-corrected chi connectivity index (χ0v) is 12.4. The molecule has 1 aliphatic carbocycles. The molecule has 3 nitrogen and oxygen atoms in total. The fourth-order valence-electron chi connectivity index (χ4n) is 2.66. The Balaban J connectivity index is 1.92. The van der Waals surface area contributed by atoms with Crippen molar-refractivity contribution in [2.75, 3.05) is 0 Å². The summed E-state index contributed by atoms with van der Waals surface area (Å²) >= 11 is 6.32. The van der Waals surface area contributed by atoms with E-state index in [2.05, 4.69) is 0 Å². The topological polar surface area (TPSA) is 50.4 Å². The van der Waals surface area contributed by atoms with E-state index in [9.17, 15) is 9.90 Å². The van der Waals surface area contributed by atoms with Gasteiger partial charge in [-0.15, -0.1) is 0 Å². The standard InChI is InChI=1S/C18H13ClO3/c19-15-8-12(10-1-2-10)7-14-16(21)9-17(22-18(14)15)11-3-5-13(20)6-4-11/h3-10,20H,1-2H2. The Kier molecular flexibility index (Phi) is 2.98. The van der Waals surface area contributed by atoms with Crippen LogP contribution in [0, 0.1) is 0 Å². The average molecular weight is 313 g/mol. The van der Waals surface area contributed by atoms with Crippen LogP contribution < -0.4 is 5.43 Å². The number of phenols is 1. The van der Waals surface area contributed by atoms with Crippen LogP contribution in [0.25, 0.3) is 22.3 Å². The third-order valence-electron chi connectivity index (χ3n) is 4.01. The van der Waals surface area contributed by atoms with Crippen molar-refractivity contribution in [2.24, 2.45) is 0 Å².